The maximum Gasteiger partial charge on any atom is 0.215 e. The summed E-state index contributed by atoms with van der Waals surface area (Å²) >= 11 is 0. The Morgan fingerprint density at radius 2 is 1.89 bits per heavy atom. The summed E-state index contributed by atoms with van der Waals surface area (Å²) < 4.78 is 24.1. The molecule has 0 spiro atoms. The quantitative estimate of drug-likeness (QED) is 0.0950. The summed E-state index contributed by atoms with van der Waals surface area (Å²) in [5, 5.41) is 62.2. The van der Waals surface area contributed by atoms with Gasteiger partial charge >= 0.3 is 0 Å². The van der Waals surface area contributed by atoms with Crippen LogP contribution in [0.1, 0.15) is 26.2 Å². The van der Waals surface area contributed by atoms with Crippen molar-refractivity contribution in [3.8, 4) is 0 Å². The van der Waals surface area contributed by atoms with E-state index in [1.165, 1.54) is 14.0 Å². The monoisotopic (exact) mass is 633 g/mol. The summed E-state index contributed by atoms with van der Waals surface area (Å²) in [6, 6.07) is -2.77. The van der Waals surface area contributed by atoms with Crippen LogP contribution in [-0.2, 0) is 23.7 Å². The first kappa shape index (κ1) is 35.5. The van der Waals surface area contributed by atoms with Gasteiger partial charge in [0.15, 0.2) is 12.1 Å². The molecule has 13 atom stereocenters. The molecular formula is C27H51N7O10. The molecule has 17 heteroatoms. The van der Waals surface area contributed by atoms with Gasteiger partial charge in [0, 0.05) is 38.0 Å². The van der Waals surface area contributed by atoms with Crippen LogP contribution in [0.15, 0.2) is 11.8 Å². The van der Waals surface area contributed by atoms with Gasteiger partial charge in [0.25, 0.3) is 0 Å². The van der Waals surface area contributed by atoms with Gasteiger partial charge in [0.05, 0.1) is 31.3 Å². The molecule has 3 fully saturated rings. The largest absolute Gasteiger partial charge is 0.467 e. The van der Waals surface area contributed by atoms with E-state index < -0.39 is 96.1 Å². The zero-order valence-electron chi connectivity index (χ0n) is 25.2. The lowest BCUT2D eigenvalue weighted by Gasteiger charge is -2.59. The van der Waals surface area contributed by atoms with Gasteiger partial charge in [-0.05, 0) is 32.9 Å². The SMILES string of the molecule is CN[C@@H]1[C@@H](O)[C@@H](O[C@]2(CC(O)CN)[C@@H](O)[C@H](O[C@H]3OC(CN)=CC[C@H]3N)[C@@H](N)C[C@]2(N)C(=O)C(O)C2CNC2)OC[C@]1(C)O. The number of hydrogen-bond acceptors (Lipinski definition) is 17. The van der Waals surface area contributed by atoms with Gasteiger partial charge in [0.1, 0.15) is 46.9 Å². The first-order valence-electron chi connectivity index (χ1n) is 15.0. The average molecular weight is 634 g/mol. The van der Waals surface area contributed by atoms with Crippen LogP contribution in [0, 0.1) is 5.92 Å². The van der Waals surface area contributed by atoms with Crippen molar-refractivity contribution in [2.24, 2.45) is 34.6 Å². The van der Waals surface area contributed by atoms with Crippen molar-refractivity contribution in [1.29, 1.82) is 0 Å². The lowest BCUT2D eigenvalue weighted by atomic mass is 9.59. The van der Waals surface area contributed by atoms with E-state index in [0.717, 1.165) is 0 Å². The summed E-state index contributed by atoms with van der Waals surface area (Å²) in [6.45, 7) is 1.59. The van der Waals surface area contributed by atoms with Gasteiger partial charge in [-0.1, -0.05) is 0 Å². The number of hydrogen-bond donors (Lipinski definition) is 12. The maximum absolute atomic E-state index is 14.2. The second-order valence-corrected chi connectivity index (χ2v) is 12.8. The number of aliphatic hydroxyl groups is 5. The summed E-state index contributed by atoms with van der Waals surface area (Å²) in [7, 11) is 1.52. The van der Waals surface area contributed by atoms with Crippen molar-refractivity contribution >= 4 is 5.78 Å². The zero-order chi connectivity index (χ0) is 32.6. The molecule has 1 saturated carbocycles. The van der Waals surface area contributed by atoms with Crippen LogP contribution >= 0.6 is 0 Å². The zero-order valence-corrected chi connectivity index (χ0v) is 25.2. The Labute approximate surface area is 256 Å². The smallest absolute Gasteiger partial charge is 0.215 e. The van der Waals surface area contributed by atoms with Crippen molar-refractivity contribution in [2.45, 2.75) is 104 Å². The second kappa shape index (κ2) is 13.8. The van der Waals surface area contributed by atoms with Crippen LogP contribution < -0.4 is 39.3 Å². The Balaban J connectivity index is 1.79. The van der Waals surface area contributed by atoms with E-state index >= 15 is 0 Å². The summed E-state index contributed by atoms with van der Waals surface area (Å²) in [6.07, 6.45) is -9.29. The number of carbonyl (C=O) groups is 1. The predicted molar refractivity (Wildman–Crippen MR) is 155 cm³/mol. The molecule has 0 aromatic heterocycles. The molecule has 254 valence electrons. The Bertz CT molecular complexity index is 1040. The Morgan fingerprint density at radius 3 is 2.45 bits per heavy atom. The third kappa shape index (κ3) is 6.42. The fraction of sp³-hybridized carbons (Fsp3) is 0.889. The van der Waals surface area contributed by atoms with Crippen molar-refractivity contribution in [2.75, 3.05) is 39.8 Å². The minimum absolute atomic E-state index is 0.0727. The molecule has 3 heterocycles. The maximum atomic E-state index is 14.2. The van der Waals surface area contributed by atoms with Crippen molar-refractivity contribution in [1.82, 2.24) is 10.6 Å². The van der Waals surface area contributed by atoms with E-state index in [2.05, 4.69) is 10.6 Å². The van der Waals surface area contributed by atoms with Crippen LogP contribution in [0.25, 0.3) is 0 Å². The van der Waals surface area contributed by atoms with Gasteiger partial charge in [-0.25, -0.2) is 0 Å². The average Bonchev–Trinajstić information content (AvgIpc) is 2.95. The summed E-state index contributed by atoms with van der Waals surface area (Å²) in [5.41, 5.74) is 25.2. The number of likely N-dealkylation sites (N-methyl/N-ethyl adjacent to an activating group) is 1. The number of Topliss-reactive ketones (excluding diaryl/α,β-unsaturated/α-hetero) is 1. The molecule has 4 rings (SSSR count). The molecule has 44 heavy (non-hydrogen) atoms. The molecule has 0 aromatic rings. The molecule has 2 unspecified atom stereocenters. The molecule has 0 radical (unpaired) electrons. The number of ketones is 1. The van der Waals surface area contributed by atoms with Crippen LogP contribution in [0.5, 0.6) is 0 Å². The highest BCUT2D eigenvalue weighted by Crippen LogP contribution is 2.47. The van der Waals surface area contributed by atoms with E-state index in [1.54, 1.807) is 6.08 Å². The third-order valence-corrected chi connectivity index (χ3v) is 9.50. The molecule has 17 N–H and O–H groups in total. The highest BCUT2D eigenvalue weighted by Gasteiger charge is 2.69. The van der Waals surface area contributed by atoms with Gasteiger partial charge in [-0.3, -0.25) is 4.79 Å². The van der Waals surface area contributed by atoms with Crippen molar-refractivity contribution in [3.05, 3.63) is 11.8 Å². The number of aliphatic hydroxyl groups excluding tert-OH is 4. The van der Waals surface area contributed by atoms with Crippen molar-refractivity contribution in [3.63, 3.8) is 0 Å². The second-order valence-electron chi connectivity index (χ2n) is 12.8. The lowest BCUT2D eigenvalue weighted by molar-refractivity contribution is -0.344. The fourth-order valence-corrected chi connectivity index (χ4v) is 6.72. The highest BCUT2D eigenvalue weighted by atomic mass is 16.7. The number of carbonyl (C=O) groups excluding carboxylic acids is 1. The standard InChI is InChI=1S/C27H51N7O10/c1-25(40)11-41-24(18(37)20(25)33-2)44-27(5-13(35)7-28)22(39)19(43-23-15(30)4-3-14(8-29)42-23)16(31)6-26(27,32)21(38)17(36)12-9-34-10-12/h3,12-13,15-20,22-24,33-37,39-40H,4-11,28-32H2,1-2H3/t13?,15-,16+,17?,18-,19-,20-,22+,23-,24-,25+,26+,27-/m1/s1. The first-order valence-corrected chi connectivity index (χ1v) is 15.0. The van der Waals surface area contributed by atoms with Gasteiger partial charge in [-0.15, -0.1) is 0 Å². The number of nitrogens with one attached hydrogen (secondary N) is 2. The topological polar surface area (TPSA) is 309 Å². The summed E-state index contributed by atoms with van der Waals surface area (Å²) in [5.74, 6) is -0.943. The number of rotatable bonds is 12. The number of ether oxygens (including phenoxy) is 4. The normalized spacial score (nSPS) is 44.7. The number of nitrogens with two attached hydrogens (primary N) is 5. The van der Waals surface area contributed by atoms with E-state index in [-0.39, 0.29) is 26.1 Å². The molecular weight excluding hydrogens is 582 g/mol. The van der Waals surface area contributed by atoms with Gasteiger partial charge in [0.2, 0.25) is 6.29 Å². The van der Waals surface area contributed by atoms with Crippen LogP contribution in [-0.4, -0.2) is 149 Å². The minimum Gasteiger partial charge on any atom is -0.467 e. The van der Waals surface area contributed by atoms with Crippen LogP contribution in [0.4, 0.5) is 0 Å². The van der Waals surface area contributed by atoms with Gasteiger partial charge < -0.3 is 83.8 Å². The van der Waals surface area contributed by atoms with E-state index in [9.17, 15) is 30.3 Å². The molecule has 3 aliphatic heterocycles. The highest BCUT2D eigenvalue weighted by molar-refractivity contribution is 5.94. The molecule has 0 bridgehead atoms. The Hall–Kier alpha value is -1.39. The van der Waals surface area contributed by atoms with E-state index in [0.29, 0.717) is 25.3 Å². The molecule has 2 saturated heterocycles. The van der Waals surface area contributed by atoms with Crippen molar-refractivity contribution < 1.29 is 49.3 Å². The van der Waals surface area contributed by atoms with E-state index in [1.807, 2.05) is 0 Å². The van der Waals surface area contributed by atoms with Crippen LogP contribution in [0.2, 0.25) is 0 Å². The lowest BCUT2D eigenvalue weighted by Crippen LogP contribution is -2.83. The third-order valence-electron chi connectivity index (χ3n) is 9.50. The van der Waals surface area contributed by atoms with Crippen LogP contribution in [0.3, 0.4) is 0 Å². The first-order chi connectivity index (χ1) is 20.7. The Morgan fingerprint density at radius 1 is 1.20 bits per heavy atom. The summed E-state index contributed by atoms with van der Waals surface area (Å²) in [4.78, 5) is 14.2. The van der Waals surface area contributed by atoms with E-state index in [4.69, 9.17) is 47.6 Å². The fourth-order valence-electron chi connectivity index (χ4n) is 6.72. The molecule has 4 aliphatic rings. The van der Waals surface area contributed by atoms with Gasteiger partial charge in [-0.2, -0.15) is 0 Å². The molecule has 0 aromatic carbocycles. The Kier molecular flexibility index (Phi) is 11.1. The molecule has 17 nitrogen and oxygen atoms in total. The molecule has 0 amide bonds. The predicted octanol–water partition coefficient (Wildman–Crippen LogP) is -6.25. The minimum atomic E-state index is -2.31. The molecule has 1 aliphatic carbocycles.